The number of hydroxylamine groups is 2. The van der Waals surface area contributed by atoms with Crippen LogP contribution in [0.2, 0.25) is 0 Å². The third-order valence-electron chi connectivity index (χ3n) is 2.27. The minimum atomic E-state index is -0.833. The topological polar surface area (TPSA) is 60.8 Å². The van der Waals surface area contributed by atoms with E-state index < -0.39 is 5.97 Å². The number of rotatable bonds is 1. The van der Waals surface area contributed by atoms with Crippen LogP contribution in [0.25, 0.3) is 0 Å². The lowest BCUT2D eigenvalue weighted by Gasteiger charge is -2.18. The summed E-state index contributed by atoms with van der Waals surface area (Å²) in [5.41, 5.74) is 0. The van der Waals surface area contributed by atoms with Gasteiger partial charge in [-0.05, 0) is 18.8 Å². The fraction of sp³-hybridized carbons (Fsp3) is 0.889. The molecule has 1 heterocycles. The number of aliphatic carboxylic acids is 1. The highest BCUT2D eigenvalue weighted by atomic mass is 16.5. The SMILES string of the molecule is CC(=O)O.CCC1C(C)CCN1O. The summed E-state index contributed by atoms with van der Waals surface area (Å²) in [6, 6.07) is 0.421. The van der Waals surface area contributed by atoms with Gasteiger partial charge in [-0.15, -0.1) is 0 Å². The monoisotopic (exact) mass is 189 g/mol. The van der Waals surface area contributed by atoms with E-state index >= 15 is 0 Å². The summed E-state index contributed by atoms with van der Waals surface area (Å²) in [7, 11) is 0. The van der Waals surface area contributed by atoms with E-state index in [-0.39, 0.29) is 0 Å². The van der Waals surface area contributed by atoms with E-state index in [1.807, 2.05) is 0 Å². The lowest BCUT2D eigenvalue weighted by molar-refractivity contribution is -0.134. The molecule has 0 spiro atoms. The Morgan fingerprint density at radius 3 is 2.23 bits per heavy atom. The molecule has 1 aliphatic heterocycles. The molecule has 1 aliphatic rings. The van der Waals surface area contributed by atoms with Crippen molar-refractivity contribution in [3.05, 3.63) is 0 Å². The van der Waals surface area contributed by atoms with Crippen molar-refractivity contribution in [2.45, 2.75) is 39.7 Å². The second-order valence-electron chi connectivity index (χ2n) is 3.42. The van der Waals surface area contributed by atoms with Gasteiger partial charge < -0.3 is 10.3 Å². The quantitative estimate of drug-likeness (QED) is 0.657. The van der Waals surface area contributed by atoms with Gasteiger partial charge in [-0.2, -0.15) is 5.06 Å². The van der Waals surface area contributed by atoms with E-state index in [1.54, 1.807) is 0 Å². The standard InChI is InChI=1S/C7H15NO.C2H4O2/c1-3-7-6(2)4-5-8(7)9;1-2(3)4/h6-7,9H,3-5H2,1-2H3;1H3,(H,3,4). The molecule has 0 amide bonds. The van der Waals surface area contributed by atoms with Crippen molar-refractivity contribution in [2.24, 2.45) is 5.92 Å². The van der Waals surface area contributed by atoms with E-state index in [4.69, 9.17) is 9.90 Å². The minimum Gasteiger partial charge on any atom is -0.481 e. The molecular formula is C9H19NO3. The molecule has 0 aromatic carbocycles. The number of carboxylic acids is 1. The molecule has 2 N–H and O–H groups in total. The zero-order valence-corrected chi connectivity index (χ0v) is 8.53. The molecule has 1 saturated heterocycles. The van der Waals surface area contributed by atoms with Crippen LogP contribution >= 0.6 is 0 Å². The van der Waals surface area contributed by atoms with Crippen molar-refractivity contribution in [2.75, 3.05) is 6.54 Å². The normalized spacial score (nSPS) is 28.0. The van der Waals surface area contributed by atoms with Crippen molar-refractivity contribution in [3.63, 3.8) is 0 Å². The Bertz CT molecular complexity index is 147. The third-order valence-corrected chi connectivity index (χ3v) is 2.27. The molecule has 0 aromatic rings. The van der Waals surface area contributed by atoms with Crippen LogP contribution in [0.4, 0.5) is 0 Å². The van der Waals surface area contributed by atoms with Gasteiger partial charge in [-0.1, -0.05) is 13.8 Å². The maximum atomic E-state index is 9.19. The number of carboxylic acid groups (broad SMARTS) is 1. The zero-order valence-electron chi connectivity index (χ0n) is 8.53. The number of nitrogens with zero attached hydrogens (tertiary/aromatic N) is 1. The molecule has 13 heavy (non-hydrogen) atoms. The van der Waals surface area contributed by atoms with Crippen molar-refractivity contribution in [1.82, 2.24) is 5.06 Å². The fourth-order valence-corrected chi connectivity index (χ4v) is 1.60. The summed E-state index contributed by atoms with van der Waals surface area (Å²) in [6.07, 6.45) is 2.21. The molecule has 0 bridgehead atoms. The number of hydrogen-bond donors (Lipinski definition) is 2. The summed E-state index contributed by atoms with van der Waals surface area (Å²) in [5, 5.41) is 18.1. The van der Waals surface area contributed by atoms with Gasteiger partial charge in [0.25, 0.3) is 5.97 Å². The Hall–Kier alpha value is -0.610. The first-order valence-electron chi connectivity index (χ1n) is 4.64. The molecule has 4 nitrogen and oxygen atoms in total. The molecule has 1 rings (SSSR count). The largest absolute Gasteiger partial charge is 0.481 e. The van der Waals surface area contributed by atoms with Crippen LogP contribution in [0.1, 0.15) is 33.6 Å². The van der Waals surface area contributed by atoms with E-state index in [0.717, 1.165) is 26.3 Å². The zero-order chi connectivity index (χ0) is 10.4. The molecular weight excluding hydrogens is 170 g/mol. The van der Waals surface area contributed by atoms with Crippen LogP contribution in [-0.2, 0) is 4.79 Å². The van der Waals surface area contributed by atoms with E-state index in [0.29, 0.717) is 12.0 Å². The number of hydrogen-bond acceptors (Lipinski definition) is 3. The minimum absolute atomic E-state index is 0.421. The molecule has 4 heteroatoms. The first-order chi connectivity index (χ1) is 5.99. The summed E-state index contributed by atoms with van der Waals surface area (Å²) in [5.74, 6) is -0.153. The average Bonchev–Trinajstić information content (AvgIpc) is 2.30. The molecule has 78 valence electrons. The molecule has 0 aromatic heterocycles. The van der Waals surface area contributed by atoms with E-state index in [1.165, 1.54) is 5.06 Å². The van der Waals surface area contributed by atoms with Gasteiger partial charge in [-0.25, -0.2) is 0 Å². The van der Waals surface area contributed by atoms with Crippen LogP contribution in [0, 0.1) is 5.92 Å². The van der Waals surface area contributed by atoms with E-state index in [9.17, 15) is 5.21 Å². The van der Waals surface area contributed by atoms with Crippen LogP contribution in [0.15, 0.2) is 0 Å². The summed E-state index contributed by atoms with van der Waals surface area (Å²) in [6.45, 7) is 6.26. The lowest BCUT2D eigenvalue weighted by Crippen LogP contribution is -2.27. The molecule has 1 fully saturated rings. The van der Waals surface area contributed by atoms with Gasteiger partial charge in [-0.3, -0.25) is 4.79 Å². The summed E-state index contributed by atoms with van der Waals surface area (Å²) >= 11 is 0. The van der Waals surface area contributed by atoms with E-state index in [2.05, 4.69) is 13.8 Å². The Labute approximate surface area is 79.1 Å². The van der Waals surface area contributed by atoms with Gasteiger partial charge in [0.05, 0.1) is 0 Å². The second kappa shape index (κ2) is 5.94. The van der Waals surface area contributed by atoms with Gasteiger partial charge in [0.1, 0.15) is 0 Å². The first-order valence-corrected chi connectivity index (χ1v) is 4.64. The molecule has 0 aliphatic carbocycles. The van der Waals surface area contributed by atoms with Gasteiger partial charge >= 0.3 is 0 Å². The first kappa shape index (κ1) is 12.4. The van der Waals surface area contributed by atoms with Crippen LogP contribution < -0.4 is 0 Å². The highest BCUT2D eigenvalue weighted by Crippen LogP contribution is 2.23. The Morgan fingerprint density at radius 1 is 1.62 bits per heavy atom. The van der Waals surface area contributed by atoms with Crippen molar-refractivity contribution in [1.29, 1.82) is 0 Å². The van der Waals surface area contributed by atoms with Crippen molar-refractivity contribution >= 4 is 5.97 Å². The fourth-order valence-electron chi connectivity index (χ4n) is 1.60. The predicted molar refractivity (Wildman–Crippen MR) is 49.7 cm³/mol. The Kier molecular flexibility index (Phi) is 5.66. The third kappa shape index (κ3) is 4.85. The molecule has 0 radical (unpaired) electrons. The lowest BCUT2D eigenvalue weighted by atomic mass is 10.0. The van der Waals surface area contributed by atoms with Crippen LogP contribution in [-0.4, -0.2) is 33.9 Å². The smallest absolute Gasteiger partial charge is 0.300 e. The number of carbonyl (C=O) groups is 1. The van der Waals surface area contributed by atoms with Gasteiger partial charge in [0.2, 0.25) is 0 Å². The summed E-state index contributed by atoms with van der Waals surface area (Å²) in [4.78, 5) is 9.00. The van der Waals surface area contributed by atoms with Crippen molar-refractivity contribution in [3.8, 4) is 0 Å². The second-order valence-corrected chi connectivity index (χ2v) is 3.42. The predicted octanol–water partition coefficient (Wildman–Crippen LogP) is 1.59. The molecule has 0 saturated carbocycles. The maximum absolute atomic E-state index is 9.19. The summed E-state index contributed by atoms with van der Waals surface area (Å²) < 4.78 is 0. The van der Waals surface area contributed by atoms with Crippen LogP contribution in [0.3, 0.4) is 0 Å². The molecule has 2 atom stereocenters. The Morgan fingerprint density at radius 2 is 2.08 bits per heavy atom. The van der Waals surface area contributed by atoms with Crippen LogP contribution in [0.5, 0.6) is 0 Å². The van der Waals surface area contributed by atoms with Gasteiger partial charge in [0, 0.05) is 19.5 Å². The van der Waals surface area contributed by atoms with Crippen molar-refractivity contribution < 1.29 is 15.1 Å². The van der Waals surface area contributed by atoms with Gasteiger partial charge in [0.15, 0.2) is 0 Å². The maximum Gasteiger partial charge on any atom is 0.300 e. The molecule has 2 unspecified atom stereocenters. The average molecular weight is 189 g/mol. The Balaban J connectivity index is 0.000000310. The highest BCUT2D eigenvalue weighted by Gasteiger charge is 2.27. The highest BCUT2D eigenvalue weighted by molar-refractivity contribution is 5.62.